The highest BCUT2D eigenvalue weighted by Crippen LogP contribution is 2.26. The average Bonchev–Trinajstić information content (AvgIpc) is 2.33. The topological polar surface area (TPSA) is 75.4 Å². The normalized spacial score (nSPS) is 38.9. The molecular weight excluding hydrogens is 216 g/mol. The number of aliphatic hydroxyl groups is 1. The third-order valence-corrected chi connectivity index (χ3v) is 4.30. The number of hydrogen-bond acceptors (Lipinski definition) is 3. The van der Waals surface area contributed by atoms with E-state index in [0.29, 0.717) is 12.1 Å². The first kappa shape index (κ1) is 12.8. The Kier molecular flexibility index (Phi) is 4.40. The van der Waals surface area contributed by atoms with Gasteiger partial charge < -0.3 is 16.2 Å². The Labute approximate surface area is 103 Å². The molecule has 17 heavy (non-hydrogen) atoms. The van der Waals surface area contributed by atoms with E-state index < -0.39 is 0 Å². The number of rotatable bonds is 3. The molecule has 0 bridgehead atoms. The molecule has 4 nitrogen and oxygen atoms in total. The molecule has 0 spiro atoms. The van der Waals surface area contributed by atoms with E-state index in [9.17, 15) is 9.90 Å². The van der Waals surface area contributed by atoms with E-state index in [1.807, 2.05) is 0 Å². The average molecular weight is 240 g/mol. The quantitative estimate of drug-likeness (QED) is 0.686. The first-order valence-corrected chi connectivity index (χ1v) is 6.88. The first-order valence-electron chi connectivity index (χ1n) is 6.88. The molecule has 0 aliphatic heterocycles. The van der Waals surface area contributed by atoms with E-state index in [1.54, 1.807) is 0 Å². The number of nitrogens with one attached hydrogen (secondary N) is 1. The number of hydrogen-bond donors (Lipinski definition) is 3. The van der Waals surface area contributed by atoms with Gasteiger partial charge >= 0.3 is 0 Å². The molecule has 4 heteroatoms. The molecule has 0 aromatic heterocycles. The molecule has 0 atom stereocenters. The van der Waals surface area contributed by atoms with E-state index in [2.05, 4.69) is 5.32 Å². The number of primary amides is 1. The summed E-state index contributed by atoms with van der Waals surface area (Å²) in [5, 5.41) is 13.1. The van der Waals surface area contributed by atoms with Crippen molar-refractivity contribution in [1.29, 1.82) is 0 Å². The zero-order chi connectivity index (χ0) is 12.3. The number of aliphatic hydroxyl groups excluding tert-OH is 1. The van der Waals surface area contributed by atoms with Crippen molar-refractivity contribution in [1.82, 2.24) is 5.32 Å². The van der Waals surface area contributed by atoms with Gasteiger partial charge in [0.2, 0.25) is 5.91 Å². The second kappa shape index (κ2) is 5.83. The Morgan fingerprint density at radius 3 is 1.88 bits per heavy atom. The van der Waals surface area contributed by atoms with Gasteiger partial charge in [-0.15, -0.1) is 0 Å². The van der Waals surface area contributed by atoms with Gasteiger partial charge in [-0.3, -0.25) is 4.79 Å². The maximum absolute atomic E-state index is 11.1. The molecule has 2 saturated carbocycles. The Morgan fingerprint density at radius 2 is 1.41 bits per heavy atom. The summed E-state index contributed by atoms with van der Waals surface area (Å²) in [6.45, 7) is 0. The van der Waals surface area contributed by atoms with Crippen LogP contribution < -0.4 is 11.1 Å². The van der Waals surface area contributed by atoms with Crippen LogP contribution in [0, 0.1) is 5.92 Å². The number of carbonyl (C=O) groups excluding carboxylic acids is 1. The predicted molar refractivity (Wildman–Crippen MR) is 66.3 cm³/mol. The fourth-order valence-corrected chi connectivity index (χ4v) is 3.12. The second-order valence-corrected chi connectivity index (χ2v) is 5.62. The van der Waals surface area contributed by atoms with E-state index >= 15 is 0 Å². The predicted octanol–water partition coefficient (Wildman–Crippen LogP) is 0.924. The maximum Gasteiger partial charge on any atom is 0.220 e. The summed E-state index contributed by atoms with van der Waals surface area (Å²) in [5.41, 5.74) is 5.33. The number of amides is 1. The lowest BCUT2D eigenvalue weighted by molar-refractivity contribution is -0.122. The Morgan fingerprint density at radius 1 is 0.941 bits per heavy atom. The maximum atomic E-state index is 11.1. The van der Waals surface area contributed by atoms with Crippen molar-refractivity contribution in [2.45, 2.75) is 69.6 Å². The fourth-order valence-electron chi connectivity index (χ4n) is 3.12. The standard InChI is InChI=1S/C13H24N2O2/c14-13(17)9-1-3-10(4-2-9)15-11-5-7-12(16)8-6-11/h9-12,15-16H,1-8H2,(H2,14,17). The zero-order valence-corrected chi connectivity index (χ0v) is 10.4. The third-order valence-electron chi connectivity index (χ3n) is 4.30. The van der Waals surface area contributed by atoms with Crippen molar-refractivity contribution in [3.8, 4) is 0 Å². The van der Waals surface area contributed by atoms with Crippen LogP contribution in [0.3, 0.4) is 0 Å². The van der Waals surface area contributed by atoms with Gasteiger partial charge in [-0.2, -0.15) is 0 Å². The number of nitrogens with two attached hydrogens (primary N) is 1. The molecule has 2 fully saturated rings. The van der Waals surface area contributed by atoms with Gasteiger partial charge in [0.15, 0.2) is 0 Å². The SMILES string of the molecule is NC(=O)C1CCC(NC2CCC(O)CC2)CC1. The summed E-state index contributed by atoms with van der Waals surface area (Å²) < 4.78 is 0. The van der Waals surface area contributed by atoms with Crippen molar-refractivity contribution < 1.29 is 9.90 Å². The molecule has 0 heterocycles. The third kappa shape index (κ3) is 3.68. The summed E-state index contributed by atoms with van der Waals surface area (Å²) in [4.78, 5) is 11.1. The van der Waals surface area contributed by atoms with Gasteiger partial charge in [0.25, 0.3) is 0 Å². The lowest BCUT2D eigenvalue weighted by Crippen LogP contribution is -2.44. The Bertz CT molecular complexity index is 254. The van der Waals surface area contributed by atoms with Crippen molar-refractivity contribution >= 4 is 5.91 Å². The van der Waals surface area contributed by atoms with Crippen LogP contribution in [0.5, 0.6) is 0 Å². The molecule has 0 unspecified atom stereocenters. The minimum Gasteiger partial charge on any atom is -0.393 e. The lowest BCUT2D eigenvalue weighted by atomic mass is 9.84. The second-order valence-electron chi connectivity index (χ2n) is 5.62. The van der Waals surface area contributed by atoms with Gasteiger partial charge in [-0.1, -0.05) is 0 Å². The lowest BCUT2D eigenvalue weighted by Gasteiger charge is -2.33. The summed E-state index contributed by atoms with van der Waals surface area (Å²) in [6.07, 6.45) is 7.92. The minimum atomic E-state index is -0.135. The molecule has 2 aliphatic carbocycles. The molecule has 0 saturated heterocycles. The fraction of sp³-hybridized carbons (Fsp3) is 0.923. The largest absolute Gasteiger partial charge is 0.393 e. The summed E-state index contributed by atoms with van der Waals surface area (Å²) in [7, 11) is 0. The van der Waals surface area contributed by atoms with Crippen LogP contribution in [-0.4, -0.2) is 29.2 Å². The monoisotopic (exact) mass is 240 g/mol. The highest BCUT2D eigenvalue weighted by molar-refractivity contribution is 5.76. The van der Waals surface area contributed by atoms with Crippen molar-refractivity contribution in [2.24, 2.45) is 11.7 Å². The molecule has 0 radical (unpaired) electrons. The van der Waals surface area contributed by atoms with Crippen LogP contribution in [0.4, 0.5) is 0 Å². The van der Waals surface area contributed by atoms with Gasteiger partial charge in [0.05, 0.1) is 6.10 Å². The van der Waals surface area contributed by atoms with Crippen molar-refractivity contribution in [2.75, 3.05) is 0 Å². The van der Waals surface area contributed by atoms with E-state index in [0.717, 1.165) is 51.4 Å². The van der Waals surface area contributed by atoms with Gasteiger partial charge in [-0.05, 0) is 51.4 Å². The van der Waals surface area contributed by atoms with Gasteiger partial charge in [0, 0.05) is 18.0 Å². The van der Waals surface area contributed by atoms with E-state index in [1.165, 1.54) is 0 Å². The first-order chi connectivity index (χ1) is 8.15. The molecule has 0 aromatic rings. The highest BCUT2D eigenvalue weighted by atomic mass is 16.3. The zero-order valence-electron chi connectivity index (χ0n) is 10.4. The van der Waals surface area contributed by atoms with Gasteiger partial charge in [-0.25, -0.2) is 0 Å². The summed E-state index contributed by atoms with van der Waals surface area (Å²) in [5.74, 6) is -0.0366. The summed E-state index contributed by atoms with van der Waals surface area (Å²) in [6, 6.07) is 1.11. The molecule has 4 N–H and O–H groups in total. The molecule has 2 rings (SSSR count). The Balaban J connectivity index is 1.69. The minimum absolute atomic E-state index is 0.0846. The van der Waals surface area contributed by atoms with Crippen LogP contribution in [0.25, 0.3) is 0 Å². The van der Waals surface area contributed by atoms with Crippen LogP contribution in [-0.2, 0) is 4.79 Å². The van der Waals surface area contributed by atoms with Crippen LogP contribution in [0.1, 0.15) is 51.4 Å². The van der Waals surface area contributed by atoms with E-state index in [-0.39, 0.29) is 17.9 Å². The van der Waals surface area contributed by atoms with E-state index in [4.69, 9.17) is 5.73 Å². The molecule has 0 aromatic carbocycles. The molecule has 98 valence electrons. The van der Waals surface area contributed by atoms with Crippen LogP contribution in [0.15, 0.2) is 0 Å². The molecule has 1 amide bonds. The van der Waals surface area contributed by atoms with Crippen molar-refractivity contribution in [3.63, 3.8) is 0 Å². The van der Waals surface area contributed by atoms with Crippen LogP contribution >= 0.6 is 0 Å². The smallest absolute Gasteiger partial charge is 0.220 e. The van der Waals surface area contributed by atoms with Crippen LogP contribution in [0.2, 0.25) is 0 Å². The highest BCUT2D eigenvalue weighted by Gasteiger charge is 2.27. The van der Waals surface area contributed by atoms with Gasteiger partial charge in [0.1, 0.15) is 0 Å². The molecular formula is C13H24N2O2. The Hall–Kier alpha value is -0.610. The number of carbonyl (C=O) groups is 1. The molecule has 2 aliphatic rings. The summed E-state index contributed by atoms with van der Waals surface area (Å²) >= 11 is 0. The van der Waals surface area contributed by atoms with Crippen molar-refractivity contribution in [3.05, 3.63) is 0 Å².